The van der Waals surface area contributed by atoms with Crippen molar-refractivity contribution in [3.63, 3.8) is 0 Å². The van der Waals surface area contributed by atoms with Crippen molar-refractivity contribution in [2.45, 2.75) is 19.6 Å². The van der Waals surface area contributed by atoms with Crippen LogP contribution in [0.3, 0.4) is 0 Å². The highest BCUT2D eigenvalue weighted by Crippen LogP contribution is 2.29. The van der Waals surface area contributed by atoms with Crippen molar-refractivity contribution in [2.75, 3.05) is 0 Å². The molecule has 0 amide bonds. The minimum atomic E-state index is -1.20. The third-order valence-electron chi connectivity index (χ3n) is 7.25. The first kappa shape index (κ1) is 29.5. The monoisotopic (exact) mass is 612 g/mol. The number of carbonyl (C=O) groups excluding carboxylic acids is 1. The number of ether oxygens (including phenoxy) is 2. The summed E-state index contributed by atoms with van der Waals surface area (Å²) in [6, 6.07) is 38.8. The first-order chi connectivity index (χ1) is 22.0. The van der Waals surface area contributed by atoms with E-state index in [9.17, 15) is 14.7 Å². The van der Waals surface area contributed by atoms with Gasteiger partial charge in [-0.3, -0.25) is 4.79 Å². The Bertz CT molecular complexity index is 1950. The molecule has 0 aliphatic carbocycles. The highest BCUT2D eigenvalue weighted by Gasteiger charge is 2.24. The lowest BCUT2D eigenvalue weighted by Crippen LogP contribution is -2.14. The van der Waals surface area contributed by atoms with Crippen LogP contribution in [-0.2, 0) is 24.4 Å². The quantitative estimate of drug-likeness (QED) is 0.111. The summed E-state index contributed by atoms with van der Waals surface area (Å²) in [7, 11) is 0. The fourth-order valence-corrected chi connectivity index (χ4v) is 5.43. The fraction of sp³-hybridized carbons (Fsp3) is 0.0811. The second kappa shape index (κ2) is 13.8. The number of fused-ring (bicyclic) bond motifs is 1. The molecule has 0 saturated carbocycles. The summed E-state index contributed by atoms with van der Waals surface area (Å²) in [6.45, 7) is 0.813. The van der Waals surface area contributed by atoms with Crippen molar-refractivity contribution in [1.29, 1.82) is 0 Å². The molecule has 45 heavy (non-hydrogen) atoms. The zero-order valence-electron chi connectivity index (χ0n) is 24.1. The summed E-state index contributed by atoms with van der Waals surface area (Å²) in [5.41, 5.74) is 4.89. The van der Waals surface area contributed by atoms with Gasteiger partial charge in [0.2, 0.25) is 0 Å². The minimum absolute atomic E-state index is 0.0799. The molecule has 0 atom stereocenters. The summed E-state index contributed by atoms with van der Waals surface area (Å²) in [6.07, 6.45) is 0.0963. The van der Waals surface area contributed by atoms with E-state index in [-0.39, 0.29) is 23.4 Å². The molecule has 7 nitrogen and oxygen atoms in total. The van der Waals surface area contributed by atoms with Crippen molar-refractivity contribution in [1.82, 2.24) is 8.75 Å². The Morgan fingerprint density at radius 2 is 1.13 bits per heavy atom. The number of nitrogens with zero attached hydrogens (tertiary/aromatic N) is 2. The Kier molecular flexibility index (Phi) is 9.03. The molecule has 222 valence electrons. The normalized spacial score (nSPS) is 11.6. The molecule has 0 bridgehead atoms. The zero-order chi connectivity index (χ0) is 31.0. The average molecular weight is 613 g/mol. The summed E-state index contributed by atoms with van der Waals surface area (Å²) >= 11 is 1.05. The van der Waals surface area contributed by atoms with Gasteiger partial charge in [0.25, 0.3) is 0 Å². The SMILES string of the molecule is O=C(O)/C(=C(\Cc1ccc(OCc2ccccc2)cc1)C(=O)c1ccc(OCc2ccccc2)cc1)c1ccc2nsnc2c1. The van der Waals surface area contributed by atoms with Crippen LogP contribution in [0.1, 0.15) is 32.6 Å². The lowest BCUT2D eigenvalue weighted by Gasteiger charge is -2.14. The van der Waals surface area contributed by atoms with Crippen LogP contribution >= 0.6 is 11.7 Å². The number of aliphatic carboxylic acids is 1. The van der Waals surface area contributed by atoms with E-state index in [1.165, 1.54) is 0 Å². The van der Waals surface area contributed by atoms with Crippen LogP contribution in [0, 0.1) is 0 Å². The maximum absolute atomic E-state index is 14.1. The number of carbonyl (C=O) groups is 2. The molecule has 5 aromatic carbocycles. The van der Waals surface area contributed by atoms with Crippen molar-refractivity contribution in [2.24, 2.45) is 0 Å². The van der Waals surface area contributed by atoms with E-state index in [1.54, 1.807) is 42.5 Å². The molecule has 1 aromatic heterocycles. The molecular formula is C37H28N2O5S. The number of rotatable bonds is 12. The Balaban J connectivity index is 1.29. The number of Topliss-reactive ketones (excluding diaryl/α,β-unsaturated/α-hetero) is 1. The molecule has 0 aliphatic heterocycles. The third kappa shape index (κ3) is 7.31. The van der Waals surface area contributed by atoms with Gasteiger partial charge >= 0.3 is 5.97 Å². The van der Waals surface area contributed by atoms with Gasteiger partial charge < -0.3 is 14.6 Å². The summed E-state index contributed by atoms with van der Waals surface area (Å²) in [4.78, 5) is 26.9. The van der Waals surface area contributed by atoms with Gasteiger partial charge in [-0.05, 0) is 70.8 Å². The molecule has 1 heterocycles. The molecular weight excluding hydrogens is 584 g/mol. The Morgan fingerprint density at radius 3 is 1.71 bits per heavy atom. The molecule has 0 aliphatic rings. The largest absolute Gasteiger partial charge is 0.489 e. The zero-order valence-corrected chi connectivity index (χ0v) is 24.9. The predicted molar refractivity (Wildman–Crippen MR) is 174 cm³/mol. The Labute approximate surface area is 264 Å². The summed E-state index contributed by atoms with van der Waals surface area (Å²) < 4.78 is 20.3. The number of ketones is 1. The van der Waals surface area contributed by atoms with Crippen LogP contribution in [0.4, 0.5) is 0 Å². The lowest BCUT2D eigenvalue weighted by molar-refractivity contribution is -0.130. The first-order valence-electron chi connectivity index (χ1n) is 14.3. The maximum Gasteiger partial charge on any atom is 0.336 e. The number of aromatic nitrogens is 2. The lowest BCUT2D eigenvalue weighted by atomic mass is 9.89. The van der Waals surface area contributed by atoms with Gasteiger partial charge in [-0.25, -0.2) is 4.79 Å². The van der Waals surface area contributed by atoms with Crippen LogP contribution in [0.5, 0.6) is 11.5 Å². The van der Waals surface area contributed by atoms with Crippen LogP contribution in [0.25, 0.3) is 16.6 Å². The van der Waals surface area contributed by atoms with Gasteiger partial charge in [-0.2, -0.15) is 8.75 Å². The topological polar surface area (TPSA) is 98.6 Å². The molecule has 6 aromatic rings. The number of hydrogen-bond donors (Lipinski definition) is 1. The van der Waals surface area contributed by atoms with Gasteiger partial charge in [0.15, 0.2) is 5.78 Å². The van der Waals surface area contributed by atoms with Crippen LogP contribution in [-0.4, -0.2) is 25.6 Å². The van der Waals surface area contributed by atoms with E-state index >= 15 is 0 Å². The smallest absolute Gasteiger partial charge is 0.336 e. The Morgan fingerprint density at radius 1 is 0.600 bits per heavy atom. The van der Waals surface area contributed by atoms with Gasteiger partial charge in [-0.1, -0.05) is 78.9 Å². The van der Waals surface area contributed by atoms with Crippen molar-refractivity contribution in [3.05, 3.63) is 161 Å². The molecule has 6 rings (SSSR count). The standard InChI is InChI=1S/C37H28N2O5S/c40-36(28-13-18-31(19-14-28)44-24-27-9-5-2-6-10-27)32(35(37(41)42)29-15-20-33-34(22-29)39-45-38-33)21-25-11-16-30(17-12-25)43-23-26-7-3-1-4-8-26/h1-20,22H,21,23-24H2,(H,41,42)/b35-32+. The average Bonchev–Trinajstić information content (AvgIpc) is 3.56. The number of hydrogen-bond acceptors (Lipinski definition) is 7. The first-order valence-corrected chi connectivity index (χ1v) is 15.0. The van der Waals surface area contributed by atoms with Crippen LogP contribution < -0.4 is 9.47 Å². The molecule has 0 radical (unpaired) electrons. The summed E-state index contributed by atoms with van der Waals surface area (Å²) in [5, 5.41) is 10.5. The highest BCUT2D eigenvalue weighted by atomic mass is 32.1. The van der Waals surface area contributed by atoms with E-state index in [0.717, 1.165) is 28.4 Å². The second-order valence-electron chi connectivity index (χ2n) is 10.3. The number of carboxylic acids is 1. The molecule has 0 unspecified atom stereocenters. The van der Waals surface area contributed by atoms with Gasteiger partial charge in [-0.15, -0.1) is 0 Å². The van der Waals surface area contributed by atoms with Crippen molar-refractivity contribution >= 4 is 40.1 Å². The van der Waals surface area contributed by atoms with E-state index in [2.05, 4.69) is 8.75 Å². The van der Waals surface area contributed by atoms with Crippen LogP contribution in [0.15, 0.2) is 133 Å². The van der Waals surface area contributed by atoms with Gasteiger partial charge in [0, 0.05) is 17.6 Å². The van der Waals surface area contributed by atoms with E-state index in [0.29, 0.717) is 46.9 Å². The Hall–Kier alpha value is -5.60. The number of carboxylic acid groups (broad SMARTS) is 1. The van der Waals surface area contributed by atoms with Crippen LogP contribution in [0.2, 0.25) is 0 Å². The molecule has 0 saturated heterocycles. The highest BCUT2D eigenvalue weighted by molar-refractivity contribution is 7.00. The number of allylic oxidation sites excluding steroid dienone is 1. The molecule has 1 N–H and O–H groups in total. The predicted octanol–water partition coefficient (Wildman–Crippen LogP) is 7.81. The van der Waals surface area contributed by atoms with Gasteiger partial charge in [0.05, 0.1) is 17.3 Å². The van der Waals surface area contributed by atoms with Gasteiger partial charge in [0.1, 0.15) is 35.7 Å². The second-order valence-corrected chi connectivity index (χ2v) is 10.9. The fourth-order valence-electron chi connectivity index (χ4n) is 4.91. The summed E-state index contributed by atoms with van der Waals surface area (Å²) in [5.74, 6) is -0.313. The van der Waals surface area contributed by atoms with Crippen molar-refractivity contribution in [3.8, 4) is 11.5 Å². The minimum Gasteiger partial charge on any atom is -0.489 e. The molecule has 8 heteroatoms. The molecule has 0 fully saturated rings. The van der Waals surface area contributed by atoms with E-state index < -0.39 is 5.97 Å². The molecule has 0 spiro atoms. The van der Waals surface area contributed by atoms with E-state index in [1.807, 2.05) is 84.9 Å². The van der Waals surface area contributed by atoms with E-state index in [4.69, 9.17) is 9.47 Å². The maximum atomic E-state index is 14.1. The number of benzene rings is 5. The third-order valence-corrected chi connectivity index (χ3v) is 7.81. The van der Waals surface area contributed by atoms with Crippen molar-refractivity contribution < 1.29 is 24.2 Å².